The van der Waals surface area contributed by atoms with Crippen molar-refractivity contribution in [2.45, 2.75) is 46.6 Å². The zero-order valence-corrected chi connectivity index (χ0v) is 13.7. The fourth-order valence-corrected chi connectivity index (χ4v) is 3.92. The molecule has 0 aliphatic carbocycles. The summed E-state index contributed by atoms with van der Waals surface area (Å²) in [5.74, 6) is 0.688. The second-order valence-electron chi connectivity index (χ2n) is 6.61. The first-order chi connectivity index (χ1) is 8.74. The average Bonchev–Trinajstić information content (AvgIpc) is 2.44. The van der Waals surface area contributed by atoms with Gasteiger partial charge in [0.15, 0.2) is 9.84 Å². The molecule has 1 saturated heterocycles. The molecule has 0 bridgehead atoms. The van der Waals surface area contributed by atoms with E-state index in [0.29, 0.717) is 24.1 Å². The van der Waals surface area contributed by atoms with Gasteiger partial charge >= 0.3 is 0 Å². The van der Waals surface area contributed by atoms with Crippen molar-refractivity contribution in [2.24, 2.45) is 5.41 Å². The molecule has 0 amide bonds. The summed E-state index contributed by atoms with van der Waals surface area (Å²) in [4.78, 5) is 2.31. The minimum atomic E-state index is -2.79. The van der Waals surface area contributed by atoms with E-state index >= 15 is 0 Å². The Balaban J connectivity index is 2.46. The summed E-state index contributed by atoms with van der Waals surface area (Å²) in [6, 6.07) is 0.484. The molecule has 5 heteroatoms. The Kier molecular flexibility index (Phi) is 6.27. The minimum absolute atomic E-state index is 0.244. The summed E-state index contributed by atoms with van der Waals surface area (Å²) in [6.07, 6.45) is 1.86. The highest BCUT2D eigenvalue weighted by Gasteiger charge is 2.25. The summed E-state index contributed by atoms with van der Waals surface area (Å²) in [5.41, 5.74) is 0.244. The first kappa shape index (κ1) is 16.9. The second kappa shape index (κ2) is 7.04. The van der Waals surface area contributed by atoms with Crippen molar-refractivity contribution in [3.63, 3.8) is 0 Å². The molecule has 0 aromatic rings. The predicted molar refractivity (Wildman–Crippen MR) is 81.2 cm³/mol. The molecule has 1 aliphatic rings. The molecule has 1 N–H and O–H groups in total. The van der Waals surface area contributed by atoms with Crippen LogP contribution in [0.5, 0.6) is 0 Å². The maximum atomic E-state index is 11.6. The van der Waals surface area contributed by atoms with Gasteiger partial charge in [-0.3, -0.25) is 0 Å². The zero-order chi connectivity index (χ0) is 14.5. The van der Waals surface area contributed by atoms with Crippen LogP contribution in [-0.2, 0) is 9.84 Å². The van der Waals surface area contributed by atoms with Crippen molar-refractivity contribution >= 4 is 9.84 Å². The van der Waals surface area contributed by atoms with Crippen molar-refractivity contribution < 1.29 is 8.42 Å². The number of hydrogen-bond donors (Lipinski definition) is 1. The Labute approximate surface area is 118 Å². The molecular formula is C14H30N2O2S. The summed E-state index contributed by atoms with van der Waals surface area (Å²) in [7, 11) is -2.79. The summed E-state index contributed by atoms with van der Waals surface area (Å²) in [6.45, 7) is 12.5. The molecule has 4 nitrogen and oxygen atoms in total. The van der Waals surface area contributed by atoms with Gasteiger partial charge in [-0.05, 0) is 37.9 Å². The summed E-state index contributed by atoms with van der Waals surface area (Å²) < 4.78 is 23.2. The molecule has 19 heavy (non-hydrogen) atoms. The predicted octanol–water partition coefficient (Wildman–Crippen LogP) is 1.52. The lowest BCUT2D eigenvalue weighted by atomic mass is 9.84. The molecule has 1 atom stereocenters. The Hall–Kier alpha value is -0.130. The van der Waals surface area contributed by atoms with Gasteiger partial charge in [0.2, 0.25) is 0 Å². The highest BCUT2D eigenvalue weighted by Crippen LogP contribution is 2.22. The number of rotatable bonds is 5. The van der Waals surface area contributed by atoms with Crippen molar-refractivity contribution in [1.82, 2.24) is 10.2 Å². The molecule has 1 heterocycles. The largest absolute Gasteiger partial charge is 0.314 e. The fourth-order valence-electron chi connectivity index (χ4n) is 2.61. The van der Waals surface area contributed by atoms with Gasteiger partial charge in [0, 0.05) is 12.6 Å². The Bertz CT molecular complexity index is 360. The number of nitrogens with one attached hydrogen (secondary N) is 1. The SMILES string of the molecule is CCNC(CCN1CCCS(=O)(=O)CC1)C(C)(C)C. The Morgan fingerprint density at radius 3 is 2.47 bits per heavy atom. The van der Waals surface area contributed by atoms with Crippen molar-refractivity contribution in [3.05, 3.63) is 0 Å². The quantitative estimate of drug-likeness (QED) is 0.834. The van der Waals surface area contributed by atoms with Crippen LogP contribution in [0.2, 0.25) is 0 Å². The van der Waals surface area contributed by atoms with Gasteiger partial charge < -0.3 is 10.2 Å². The van der Waals surface area contributed by atoms with Crippen LogP contribution in [0.3, 0.4) is 0 Å². The van der Waals surface area contributed by atoms with Gasteiger partial charge in [-0.25, -0.2) is 8.42 Å². The first-order valence-electron chi connectivity index (χ1n) is 7.41. The van der Waals surface area contributed by atoms with E-state index in [0.717, 1.165) is 32.5 Å². The molecule has 0 aromatic carbocycles. The van der Waals surface area contributed by atoms with E-state index in [1.807, 2.05) is 0 Å². The highest BCUT2D eigenvalue weighted by molar-refractivity contribution is 7.91. The van der Waals surface area contributed by atoms with E-state index in [9.17, 15) is 8.42 Å². The van der Waals surface area contributed by atoms with E-state index in [-0.39, 0.29) is 5.41 Å². The van der Waals surface area contributed by atoms with E-state index in [1.54, 1.807) is 0 Å². The van der Waals surface area contributed by atoms with Gasteiger partial charge in [0.25, 0.3) is 0 Å². The summed E-state index contributed by atoms with van der Waals surface area (Å²) >= 11 is 0. The number of hydrogen-bond acceptors (Lipinski definition) is 4. The summed E-state index contributed by atoms with van der Waals surface area (Å²) in [5, 5.41) is 3.55. The van der Waals surface area contributed by atoms with Crippen LogP contribution in [-0.4, -0.2) is 57.0 Å². The zero-order valence-electron chi connectivity index (χ0n) is 12.9. The molecule has 1 fully saturated rings. The first-order valence-corrected chi connectivity index (χ1v) is 9.23. The van der Waals surface area contributed by atoms with Gasteiger partial charge in [-0.2, -0.15) is 0 Å². The van der Waals surface area contributed by atoms with Crippen LogP contribution < -0.4 is 5.32 Å². The van der Waals surface area contributed by atoms with Crippen LogP contribution >= 0.6 is 0 Å². The van der Waals surface area contributed by atoms with Crippen LogP contribution in [0.25, 0.3) is 0 Å². The van der Waals surface area contributed by atoms with Gasteiger partial charge in [0.05, 0.1) is 11.5 Å². The smallest absolute Gasteiger partial charge is 0.151 e. The normalized spacial score (nSPS) is 22.9. The monoisotopic (exact) mass is 290 g/mol. The molecule has 0 spiro atoms. The molecule has 114 valence electrons. The maximum absolute atomic E-state index is 11.6. The second-order valence-corrected chi connectivity index (χ2v) is 8.92. The van der Waals surface area contributed by atoms with Gasteiger partial charge in [-0.15, -0.1) is 0 Å². The standard InChI is InChI=1S/C14H30N2O2S/c1-5-15-13(14(2,3)4)7-9-16-8-6-11-19(17,18)12-10-16/h13,15H,5-12H2,1-4H3. The third kappa shape index (κ3) is 6.23. The van der Waals surface area contributed by atoms with E-state index in [2.05, 4.69) is 37.9 Å². The molecule has 0 radical (unpaired) electrons. The van der Waals surface area contributed by atoms with Crippen molar-refractivity contribution in [3.8, 4) is 0 Å². The van der Waals surface area contributed by atoms with Crippen molar-refractivity contribution in [2.75, 3.05) is 37.7 Å². The minimum Gasteiger partial charge on any atom is -0.314 e. The fraction of sp³-hybridized carbons (Fsp3) is 1.00. The lowest BCUT2D eigenvalue weighted by Gasteiger charge is -2.33. The third-order valence-electron chi connectivity index (χ3n) is 3.88. The van der Waals surface area contributed by atoms with E-state index < -0.39 is 9.84 Å². The van der Waals surface area contributed by atoms with Crippen molar-refractivity contribution in [1.29, 1.82) is 0 Å². The topological polar surface area (TPSA) is 49.4 Å². The van der Waals surface area contributed by atoms with E-state index in [4.69, 9.17) is 0 Å². The maximum Gasteiger partial charge on any atom is 0.151 e. The Morgan fingerprint density at radius 2 is 1.89 bits per heavy atom. The molecule has 1 unspecified atom stereocenters. The third-order valence-corrected chi connectivity index (χ3v) is 5.59. The van der Waals surface area contributed by atoms with Crippen LogP contribution in [0.15, 0.2) is 0 Å². The molecule has 1 rings (SSSR count). The molecule has 0 saturated carbocycles. The molecule has 0 aromatic heterocycles. The van der Waals surface area contributed by atoms with Gasteiger partial charge in [0.1, 0.15) is 0 Å². The van der Waals surface area contributed by atoms with E-state index in [1.165, 1.54) is 0 Å². The Morgan fingerprint density at radius 1 is 1.21 bits per heavy atom. The van der Waals surface area contributed by atoms with Crippen LogP contribution in [0, 0.1) is 5.41 Å². The molecule has 1 aliphatic heterocycles. The highest BCUT2D eigenvalue weighted by atomic mass is 32.2. The molecular weight excluding hydrogens is 260 g/mol. The van der Waals surface area contributed by atoms with Crippen LogP contribution in [0.4, 0.5) is 0 Å². The lowest BCUT2D eigenvalue weighted by molar-refractivity contribution is 0.212. The van der Waals surface area contributed by atoms with Gasteiger partial charge in [-0.1, -0.05) is 27.7 Å². The lowest BCUT2D eigenvalue weighted by Crippen LogP contribution is -2.43. The number of nitrogens with zero attached hydrogens (tertiary/aromatic N) is 1. The van der Waals surface area contributed by atoms with Crippen LogP contribution in [0.1, 0.15) is 40.5 Å². The number of sulfone groups is 1. The average molecular weight is 290 g/mol.